The van der Waals surface area contributed by atoms with Gasteiger partial charge in [-0.2, -0.15) is 0 Å². The van der Waals surface area contributed by atoms with Crippen molar-refractivity contribution in [2.45, 2.75) is 12.8 Å². The van der Waals surface area contributed by atoms with Crippen molar-refractivity contribution < 1.29 is 9.59 Å². The summed E-state index contributed by atoms with van der Waals surface area (Å²) in [6.07, 6.45) is 1.12. The Kier molecular flexibility index (Phi) is 5.55. The van der Waals surface area contributed by atoms with Crippen LogP contribution >= 0.6 is 11.6 Å². The van der Waals surface area contributed by atoms with Gasteiger partial charge >= 0.3 is 0 Å². The van der Waals surface area contributed by atoms with Crippen molar-refractivity contribution in [2.75, 3.05) is 12.4 Å². The molecule has 2 rings (SSSR count). The van der Waals surface area contributed by atoms with Gasteiger partial charge in [0.05, 0.1) is 0 Å². The number of halogens is 1. The smallest absolute Gasteiger partial charge is 0.255 e. The normalized spacial score (nSPS) is 10.1. The average Bonchev–Trinajstić information content (AvgIpc) is 2.54. The lowest BCUT2D eigenvalue weighted by Crippen LogP contribution is -2.17. The highest BCUT2D eigenvalue weighted by Crippen LogP contribution is 2.14. The van der Waals surface area contributed by atoms with Crippen molar-refractivity contribution in [3.8, 4) is 0 Å². The SMILES string of the molecule is CNC(=O)CCc1ccc(NC(=O)c2ccc(Cl)cc2)cc1. The molecule has 0 fully saturated rings. The molecular weight excluding hydrogens is 300 g/mol. The lowest BCUT2D eigenvalue weighted by atomic mass is 10.1. The molecule has 0 radical (unpaired) electrons. The minimum Gasteiger partial charge on any atom is -0.359 e. The minimum atomic E-state index is -0.185. The molecule has 0 aliphatic rings. The molecule has 2 aromatic rings. The van der Waals surface area contributed by atoms with E-state index in [0.717, 1.165) is 5.56 Å². The number of rotatable bonds is 5. The number of carbonyl (C=O) groups is 2. The van der Waals surface area contributed by atoms with Gasteiger partial charge in [-0.05, 0) is 48.4 Å². The van der Waals surface area contributed by atoms with Gasteiger partial charge in [0.1, 0.15) is 0 Å². The van der Waals surface area contributed by atoms with E-state index in [9.17, 15) is 9.59 Å². The summed E-state index contributed by atoms with van der Waals surface area (Å²) in [6.45, 7) is 0. The maximum atomic E-state index is 12.1. The fraction of sp³-hybridized carbons (Fsp3) is 0.176. The van der Waals surface area contributed by atoms with E-state index in [-0.39, 0.29) is 11.8 Å². The fourth-order valence-electron chi connectivity index (χ4n) is 1.94. The first-order valence-electron chi connectivity index (χ1n) is 6.95. The van der Waals surface area contributed by atoms with Crippen LogP contribution in [0.3, 0.4) is 0 Å². The molecule has 2 amide bonds. The minimum absolute atomic E-state index is 0.0140. The van der Waals surface area contributed by atoms with E-state index in [0.29, 0.717) is 29.1 Å². The van der Waals surface area contributed by atoms with Gasteiger partial charge < -0.3 is 10.6 Å². The van der Waals surface area contributed by atoms with Crippen LogP contribution in [0.5, 0.6) is 0 Å². The van der Waals surface area contributed by atoms with Crippen molar-refractivity contribution >= 4 is 29.1 Å². The Morgan fingerprint density at radius 1 is 1.00 bits per heavy atom. The number of aryl methyl sites for hydroxylation is 1. The van der Waals surface area contributed by atoms with Crippen LogP contribution in [0.2, 0.25) is 5.02 Å². The molecule has 0 spiro atoms. The topological polar surface area (TPSA) is 58.2 Å². The van der Waals surface area contributed by atoms with E-state index < -0.39 is 0 Å². The van der Waals surface area contributed by atoms with Crippen LogP contribution in [0.1, 0.15) is 22.3 Å². The summed E-state index contributed by atoms with van der Waals surface area (Å²) in [5.74, 6) is -0.171. The van der Waals surface area contributed by atoms with Crippen LogP contribution in [0.15, 0.2) is 48.5 Å². The Bertz CT molecular complexity index is 651. The first kappa shape index (κ1) is 16.0. The van der Waals surface area contributed by atoms with Gasteiger partial charge in [-0.1, -0.05) is 23.7 Å². The molecule has 0 unspecified atom stereocenters. The van der Waals surface area contributed by atoms with Gasteiger partial charge in [0.15, 0.2) is 0 Å². The maximum Gasteiger partial charge on any atom is 0.255 e. The zero-order valence-corrected chi connectivity index (χ0v) is 13.0. The molecule has 2 N–H and O–H groups in total. The number of hydrogen-bond donors (Lipinski definition) is 2. The number of hydrogen-bond acceptors (Lipinski definition) is 2. The Morgan fingerprint density at radius 3 is 2.23 bits per heavy atom. The highest BCUT2D eigenvalue weighted by Gasteiger charge is 2.06. The van der Waals surface area contributed by atoms with E-state index in [1.54, 1.807) is 31.3 Å². The molecule has 22 heavy (non-hydrogen) atoms. The molecule has 0 aliphatic heterocycles. The Morgan fingerprint density at radius 2 is 1.64 bits per heavy atom. The molecule has 0 bridgehead atoms. The maximum absolute atomic E-state index is 12.1. The molecule has 4 nitrogen and oxygen atoms in total. The van der Waals surface area contributed by atoms with Gasteiger partial charge in [0, 0.05) is 29.7 Å². The van der Waals surface area contributed by atoms with Gasteiger partial charge in [-0.3, -0.25) is 9.59 Å². The molecule has 5 heteroatoms. The molecular formula is C17H17ClN2O2. The van der Waals surface area contributed by atoms with E-state index >= 15 is 0 Å². The predicted molar refractivity (Wildman–Crippen MR) is 88.2 cm³/mol. The predicted octanol–water partition coefficient (Wildman–Crippen LogP) is 3.27. The first-order chi connectivity index (χ1) is 10.6. The summed E-state index contributed by atoms with van der Waals surface area (Å²) in [7, 11) is 1.62. The number of carbonyl (C=O) groups excluding carboxylic acids is 2. The Hall–Kier alpha value is -2.33. The van der Waals surface area contributed by atoms with Gasteiger partial charge in [-0.25, -0.2) is 0 Å². The zero-order chi connectivity index (χ0) is 15.9. The van der Waals surface area contributed by atoms with Crippen LogP contribution in [-0.4, -0.2) is 18.9 Å². The van der Waals surface area contributed by atoms with E-state index in [2.05, 4.69) is 10.6 Å². The van der Waals surface area contributed by atoms with Crippen LogP contribution in [0.25, 0.3) is 0 Å². The summed E-state index contributed by atoms with van der Waals surface area (Å²) >= 11 is 5.80. The van der Waals surface area contributed by atoms with E-state index in [1.165, 1.54) is 0 Å². The van der Waals surface area contributed by atoms with Gasteiger partial charge in [-0.15, -0.1) is 0 Å². The standard InChI is InChI=1S/C17H17ClN2O2/c1-19-16(21)11-4-12-2-9-15(10-3-12)20-17(22)13-5-7-14(18)8-6-13/h2-3,5-10H,4,11H2,1H3,(H,19,21)(H,20,22). The second-order valence-corrected chi connectivity index (χ2v) is 5.27. The Labute approximate surface area is 134 Å². The lowest BCUT2D eigenvalue weighted by molar-refractivity contribution is -0.120. The monoisotopic (exact) mass is 316 g/mol. The van der Waals surface area contributed by atoms with Crippen molar-refractivity contribution in [3.63, 3.8) is 0 Å². The highest BCUT2D eigenvalue weighted by molar-refractivity contribution is 6.30. The van der Waals surface area contributed by atoms with Gasteiger partial charge in [0.2, 0.25) is 5.91 Å². The van der Waals surface area contributed by atoms with Crippen molar-refractivity contribution in [3.05, 3.63) is 64.7 Å². The van der Waals surface area contributed by atoms with Crippen molar-refractivity contribution in [1.82, 2.24) is 5.32 Å². The van der Waals surface area contributed by atoms with Crippen LogP contribution in [-0.2, 0) is 11.2 Å². The molecule has 0 aromatic heterocycles. The summed E-state index contributed by atoms with van der Waals surface area (Å²) < 4.78 is 0. The number of nitrogens with one attached hydrogen (secondary N) is 2. The third-order valence-electron chi connectivity index (χ3n) is 3.24. The molecule has 0 saturated heterocycles. The molecule has 0 heterocycles. The average molecular weight is 317 g/mol. The number of amides is 2. The number of benzene rings is 2. The Balaban J connectivity index is 1.94. The second kappa shape index (κ2) is 7.61. The summed E-state index contributed by atoms with van der Waals surface area (Å²) in [5.41, 5.74) is 2.31. The summed E-state index contributed by atoms with van der Waals surface area (Å²) in [5, 5.41) is 6.00. The lowest BCUT2D eigenvalue weighted by Gasteiger charge is -2.07. The molecule has 0 aliphatic carbocycles. The summed E-state index contributed by atoms with van der Waals surface area (Å²) in [4.78, 5) is 23.3. The largest absolute Gasteiger partial charge is 0.359 e. The highest BCUT2D eigenvalue weighted by atomic mass is 35.5. The third kappa shape index (κ3) is 4.60. The van der Waals surface area contributed by atoms with Crippen molar-refractivity contribution in [1.29, 1.82) is 0 Å². The van der Waals surface area contributed by atoms with Crippen LogP contribution in [0, 0.1) is 0 Å². The zero-order valence-electron chi connectivity index (χ0n) is 12.2. The molecule has 114 valence electrons. The van der Waals surface area contributed by atoms with Crippen LogP contribution < -0.4 is 10.6 Å². The first-order valence-corrected chi connectivity index (χ1v) is 7.33. The number of anilines is 1. The molecule has 2 aromatic carbocycles. The second-order valence-electron chi connectivity index (χ2n) is 4.83. The van der Waals surface area contributed by atoms with Crippen LogP contribution in [0.4, 0.5) is 5.69 Å². The van der Waals surface area contributed by atoms with E-state index in [4.69, 9.17) is 11.6 Å². The molecule has 0 saturated carbocycles. The fourth-order valence-corrected chi connectivity index (χ4v) is 2.07. The third-order valence-corrected chi connectivity index (χ3v) is 3.49. The van der Waals surface area contributed by atoms with Gasteiger partial charge in [0.25, 0.3) is 5.91 Å². The van der Waals surface area contributed by atoms with Crippen molar-refractivity contribution in [2.24, 2.45) is 0 Å². The summed E-state index contributed by atoms with van der Waals surface area (Å²) in [6, 6.07) is 14.2. The van der Waals surface area contributed by atoms with E-state index in [1.807, 2.05) is 24.3 Å². The quantitative estimate of drug-likeness (QED) is 0.889. The molecule has 0 atom stereocenters.